The van der Waals surface area contributed by atoms with Crippen molar-refractivity contribution in [3.63, 3.8) is 0 Å². The fourth-order valence-electron chi connectivity index (χ4n) is 2.34. The molecule has 1 fully saturated rings. The predicted molar refractivity (Wildman–Crippen MR) is 66.7 cm³/mol. The smallest absolute Gasteiger partial charge is 0.0594 e. The molecule has 16 heavy (non-hydrogen) atoms. The van der Waals surface area contributed by atoms with Crippen LogP contribution in [0.2, 0.25) is 0 Å². The Morgan fingerprint density at radius 3 is 2.31 bits per heavy atom. The first-order valence-electron chi connectivity index (χ1n) is 6.16. The van der Waals surface area contributed by atoms with E-state index in [4.69, 9.17) is 4.74 Å². The van der Waals surface area contributed by atoms with Gasteiger partial charge in [0.05, 0.1) is 13.2 Å². The van der Waals surface area contributed by atoms with Crippen LogP contribution in [0, 0.1) is 0 Å². The van der Waals surface area contributed by atoms with Crippen molar-refractivity contribution >= 4 is 0 Å². The Kier molecular flexibility index (Phi) is 3.97. The summed E-state index contributed by atoms with van der Waals surface area (Å²) in [5.41, 5.74) is 1.43. The molecule has 0 aliphatic carbocycles. The van der Waals surface area contributed by atoms with Crippen molar-refractivity contribution < 1.29 is 4.74 Å². The van der Waals surface area contributed by atoms with Crippen molar-refractivity contribution in [2.45, 2.75) is 25.8 Å². The molecule has 1 saturated heterocycles. The molecule has 2 heteroatoms. The largest absolute Gasteiger partial charge is 0.379 e. The molecule has 88 valence electrons. The van der Waals surface area contributed by atoms with Crippen molar-refractivity contribution in [3.05, 3.63) is 35.9 Å². The molecular weight excluding hydrogens is 198 g/mol. The van der Waals surface area contributed by atoms with Crippen molar-refractivity contribution in [3.8, 4) is 0 Å². The number of ether oxygens (including phenoxy) is 1. The lowest BCUT2D eigenvalue weighted by molar-refractivity contribution is 0.0158. The summed E-state index contributed by atoms with van der Waals surface area (Å²) < 4.78 is 5.39. The van der Waals surface area contributed by atoms with Crippen molar-refractivity contribution in [2.75, 3.05) is 26.3 Å². The third-order valence-electron chi connectivity index (χ3n) is 3.67. The Morgan fingerprint density at radius 1 is 1.06 bits per heavy atom. The first-order valence-corrected chi connectivity index (χ1v) is 6.16. The summed E-state index contributed by atoms with van der Waals surface area (Å²) in [7, 11) is 0. The first kappa shape index (κ1) is 11.6. The molecular formula is C14H21NO. The zero-order valence-electron chi connectivity index (χ0n) is 10.2. The highest BCUT2D eigenvalue weighted by atomic mass is 16.5. The standard InChI is InChI=1S/C14H21NO/c1-12(14-6-4-3-5-7-14)13(2)15-8-10-16-11-9-15/h3-7,12-13H,8-11H2,1-2H3/t12-,13-/m1/s1. The van der Waals surface area contributed by atoms with Crippen LogP contribution in [0.3, 0.4) is 0 Å². The van der Waals surface area contributed by atoms with Gasteiger partial charge in [-0.2, -0.15) is 0 Å². The number of benzene rings is 1. The van der Waals surface area contributed by atoms with Crippen LogP contribution in [-0.2, 0) is 4.74 Å². The summed E-state index contributed by atoms with van der Waals surface area (Å²) in [6.07, 6.45) is 0. The zero-order valence-corrected chi connectivity index (χ0v) is 10.2. The maximum Gasteiger partial charge on any atom is 0.0594 e. The van der Waals surface area contributed by atoms with Crippen LogP contribution in [0.15, 0.2) is 30.3 Å². The third-order valence-corrected chi connectivity index (χ3v) is 3.67. The Hall–Kier alpha value is -0.860. The van der Waals surface area contributed by atoms with Crippen LogP contribution in [0.5, 0.6) is 0 Å². The number of rotatable bonds is 3. The van der Waals surface area contributed by atoms with Crippen molar-refractivity contribution in [1.82, 2.24) is 4.90 Å². The van der Waals surface area contributed by atoms with E-state index >= 15 is 0 Å². The summed E-state index contributed by atoms with van der Waals surface area (Å²) in [5.74, 6) is 0.583. The first-order chi connectivity index (χ1) is 7.79. The molecule has 2 atom stereocenters. The molecule has 1 aromatic carbocycles. The molecule has 0 saturated carbocycles. The van der Waals surface area contributed by atoms with Gasteiger partial charge in [0, 0.05) is 19.1 Å². The number of morpholine rings is 1. The van der Waals surface area contributed by atoms with Gasteiger partial charge in [-0.15, -0.1) is 0 Å². The van der Waals surface area contributed by atoms with Crippen LogP contribution in [-0.4, -0.2) is 37.2 Å². The number of nitrogens with zero attached hydrogens (tertiary/aromatic N) is 1. The molecule has 1 aliphatic rings. The highest BCUT2D eigenvalue weighted by Crippen LogP contribution is 2.23. The summed E-state index contributed by atoms with van der Waals surface area (Å²) in [6.45, 7) is 8.53. The molecule has 1 heterocycles. The minimum Gasteiger partial charge on any atom is -0.379 e. The summed E-state index contributed by atoms with van der Waals surface area (Å²) in [6, 6.07) is 11.4. The maximum absolute atomic E-state index is 5.39. The van der Waals surface area contributed by atoms with E-state index in [-0.39, 0.29) is 0 Å². The summed E-state index contributed by atoms with van der Waals surface area (Å²) in [5, 5.41) is 0. The highest BCUT2D eigenvalue weighted by molar-refractivity contribution is 5.20. The monoisotopic (exact) mass is 219 g/mol. The molecule has 0 aromatic heterocycles. The van der Waals surface area contributed by atoms with Crippen LogP contribution in [0.1, 0.15) is 25.3 Å². The van der Waals surface area contributed by atoms with E-state index < -0.39 is 0 Å². The quantitative estimate of drug-likeness (QED) is 0.774. The second-order valence-electron chi connectivity index (χ2n) is 4.59. The summed E-state index contributed by atoms with van der Waals surface area (Å²) in [4.78, 5) is 2.53. The lowest BCUT2D eigenvalue weighted by Crippen LogP contribution is -2.44. The normalized spacial score (nSPS) is 21.6. The highest BCUT2D eigenvalue weighted by Gasteiger charge is 2.22. The minimum atomic E-state index is 0.583. The van der Waals surface area contributed by atoms with Crippen LogP contribution in [0.25, 0.3) is 0 Å². The predicted octanol–water partition coefficient (Wildman–Crippen LogP) is 2.51. The molecule has 0 radical (unpaired) electrons. The Labute approximate surface area is 98.2 Å². The van der Waals surface area contributed by atoms with Crippen molar-refractivity contribution in [2.24, 2.45) is 0 Å². The lowest BCUT2D eigenvalue weighted by Gasteiger charge is -2.35. The molecule has 1 aromatic rings. The van der Waals surface area contributed by atoms with Gasteiger partial charge in [0.25, 0.3) is 0 Å². The van der Waals surface area contributed by atoms with E-state index in [0.29, 0.717) is 12.0 Å². The van der Waals surface area contributed by atoms with E-state index in [0.717, 1.165) is 26.3 Å². The molecule has 0 unspecified atom stereocenters. The van der Waals surface area contributed by atoms with Gasteiger partial charge >= 0.3 is 0 Å². The van der Waals surface area contributed by atoms with Crippen LogP contribution < -0.4 is 0 Å². The Morgan fingerprint density at radius 2 is 1.69 bits per heavy atom. The third kappa shape index (κ3) is 2.63. The molecule has 1 aliphatic heterocycles. The topological polar surface area (TPSA) is 12.5 Å². The molecule has 0 spiro atoms. The molecule has 0 bridgehead atoms. The minimum absolute atomic E-state index is 0.583. The fraction of sp³-hybridized carbons (Fsp3) is 0.571. The fourth-order valence-corrected chi connectivity index (χ4v) is 2.34. The van der Waals surface area contributed by atoms with E-state index in [1.165, 1.54) is 5.56 Å². The SMILES string of the molecule is C[C@H]([C@@H](C)c1ccccc1)N1CCOCC1. The number of hydrogen-bond acceptors (Lipinski definition) is 2. The van der Waals surface area contributed by atoms with E-state index in [2.05, 4.69) is 49.1 Å². The van der Waals surface area contributed by atoms with Gasteiger partial charge in [-0.25, -0.2) is 0 Å². The van der Waals surface area contributed by atoms with Gasteiger partial charge in [-0.1, -0.05) is 37.3 Å². The molecule has 2 rings (SSSR count). The Bertz CT molecular complexity index is 306. The molecule has 0 N–H and O–H groups in total. The van der Waals surface area contributed by atoms with Gasteiger partial charge in [-0.05, 0) is 18.4 Å². The van der Waals surface area contributed by atoms with E-state index in [1.54, 1.807) is 0 Å². The van der Waals surface area contributed by atoms with Crippen LogP contribution in [0.4, 0.5) is 0 Å². The van der Waals surface area contributed by atoms with E-state index in [9.17, 15) is 0 Å². The van der Waals surface area contributed by atoms with Gasteiger partial charge < -0.3 is 4.74 Å². The van der Waals surface area contributed by atoms with Crippen molar-refractivity contribution in [1.29, 1.82) is 0 Å². The second-order valence-corrected chi connectivity index (χ2v) is 4.59. The Balaban J connectivity index is 2.00. The molecule has 2 nitrogen and oxygen atoms in total. The van der Waals surface area contributed by atoms with Gasteiger partial charge in [0.15, 0.2) is 0 Å². The lowest BCUT2D eigenvalue weighted by atomic mass is 9.93. The molecule has 0 amide bonds. The van der Waals surface area contributed by atoms with Gasteiger partial charge in [-0.3, -0.25) is 4.90 Å². The van der Waals surface area contributed by atoms with E-state index in [1.807, 2.05) is 0 Å². The average Bonchev–Trinajstić information content (AvgIpc) is 2.39. The van der Waals surface area contributed by atoms with Gasteiger partial charge in [0.1, 0.15) is 0 Å². The second kappa shape index (κ2) is 5.46. The summed E-state index contributed by atoms with van der Waals surface area (Å²) >= 11 is 0. The zero-order chi connectivity index (χ0) is 11.4. The van der Waals surface area contributed by atoms with Crippen LogP contribution >= 0.6 is 0 Å². The maximum atomic E-state index is 5.39. The average molecular weight is 219 g/mol. The van der Waals surface area contributed by atoms with Gasteiger partial charge in [0.2, 0.25) is 0 Å². The number of hydrogen-bond donors (Lipinski definition) is 0.